The number of rotatable bonds is 3. The number of nitrogens with zero attached hydrogens (tertiary/aromatic N) is 1. The Labute approximate surface area is 85.1 Å². The molecule has 0 unspecified atom stereocenters. The second-order valence-electron chi connectivity index (χ2n) is 3.00. The molecule has 0 bridgehead atoms. The van der Waals surface area contributed by atoms with Gasteiger partial charge in [0.2, 0.25) is 13.9 Å². The molecular formula is C10H14BNO2. The summed E-state index contributed by atoms with van der Waals surface area (Å²) in [6.45, 7) is 4.13. The van der Waals surface area contributed by atoms with E-state index in [1.54, 1.807) is 12.8 Å². The molecule has 0 heterocycles. The summed E-state index contributed by atoms with van der Waals surface area (Å²) in [7, 11) is 1.75. The van der Waals surface area contributed by atoms with E-state index >= 15 is 0 Å². The third kappa shape index (κ3) is 2.52. The van der Waals surface area contributed by atoms with Gasteiger partial charge in [0.05, 0.1) is 6.61 Å². The summed E-state index contributed by atoms with van der Waals surface area (Å²) in [5, 5.41) is 0. The Morgan fingerprint density at radius 2 is 2.00 bits per heavy atom. The van der Waals surface area contributed by atoms with E-state index in [1.807, 2.05) is 31.2 Å². The standard InChI is InChI=1S/C10H14BNO2/c1-3-14-10-6-4-9(5-7-10)12(11)8(2)13/h4-7H,3,11H2,1-2H3. The van der Waals surface area contributed by atoms with Gasteiger partial charge in [0.25, 0.3) is 0 Å². The summed E-state index contributed by atoms with van der Waals surface area (Å²) in [4.78, 5) is 12.6. The van der Waals surface area contributed by atoms with Crippen molar-refractivity contribution in [2.24, 2.45) is 0 Å². The van der Waals surface area contributed by atoms with Gasteiger partial charge in [-0.2, -0.15) is 0 Å². The Bertz CT molecular complexity index is 310. The molecule has 0 saturated heterocycles. The van der Waals surface area contributed by atoms with Crippen LogP contribution in [-0.2, 0) is 4.79 Å². The molecule has 3 nitrogen and oxygen atoms in total. The fraction of sp³-hybridized carbons (Fsp3) is 0.300. The van der Waals surface area contributed by atoms with Crippen LogP contribution in [0.25, 0.3) is 0 Å². The first-order valence-corrected chi connectivity index (χ1v) is 4.62. The second kappa shape index (κ2) is 4.70. The fourth-order valence-electron chi connectivity index (χ4n) is 1.11. The van der Waals surface area contributed by atoms with E-state index in [-0.39, 0.29) is 5.91 Å². The van der Waals surface area contributed by atoms with E-state index in [0.29, 0.717) is 6.61 Å². The number of anilines is 1. The van der Waals surface area contributed by atoms with Crippen LogP contribution in [-0.4, -0.2) is 20.5 Å². The molecule has 0 aliphatic heterocycles. The number of carbonyl (C=O) groups is 1. The van der Waals surface area contributed by atoms with Crippen LogP contribution in [0.1, 0.15) is 13.8 Å². The van der Waals surface area contributed by atoms with E-state index in [1.165, 1.54) is 6.92 Å². The predicted molar refractivity (Wildman–Crippen MR) is 59.3 cm³/mol. The Hall–Kier alpha value is -1.45. The first-order chi connectivity index (χ1) is 6.65. The first-order valence-electron chi connectivity index (χ1n) is 4.62. The van der Waals surface area contributed by atoms with E-state index in [9.17, 15) is 4.79 Å². The van der Waals surface area contributed by atoms with Crippen molar-refractivity contribution < 1.29 is 9.53 Å². The van der Waals surface area contributed by atoms with Gasteiger partial charge in [0.15, 0.2) is 0 Å². The van der Waals surface area contributed by atoms with Crippen molar-refractivity contribution in [2.45, 2.75) is 13.8 Å². The minimum atomic E-state index is 0.0224. The Morgan fingerprint density at radius 3 is 2.43 bits per heavy atom. The maximum absolute atomic E-state index is 11.0. The maximum atomic E-state index is 11.0. The van der Waals surface area contributed by atoms with Gasteiger partial charge in [-0.15, -0.1) is 0 Å². The van der Waals surface area contributed by atoms with Crippen LogP contribution in [0.15, 0.2) is 24.3 Å². The van der Waals surface area contributed by atoms with Crippen LogP contribution in [0.5, 0.6) is 5.75 Å². The molecular weight excluding hydrogens is 177 g/mol. The van der Waals surface area contributed by atoms with E-state index in [2.05, 4.69) is 0 Å². The summed E-state index contributed by atoms with van der Waals surface area (Å²) in [6.07, 6.45) is 0. The fourth-order valence-corrected chi connectivity index (χ4v) is 1.11. The zero-order valence-corrected chi connectivity index (χ0v) is 8.78. The number of benzene rings is 1. The normalized spacial score (nSPS) is 9.57. The van der Waals surface area contributed by atoms with Crippen LogP contribution in [0, 0.1) is 0 Å². The minimum absolute atomic E-state index is 0.0224. The molecule has 1 amide bonds. The summed E-state index contributed by atoms with van der Waals surface area (Å²) < 4.78 is 5.30. The first kappa shape index (κ1) is 10.6. The number of carbonyl (C=O) groups excluding carboxylic acids is 1. The molecule has 1 rings (SSSR count). The highest BCUT2D eigenvalue weighted by Crippen LogP contribution is 2.18. The smallest absolute Gasteiger partial charge is 0.227 e. The SMILES string of the molecule is BN(C(C)=O)c1ccc(OCC)cc1. The summed E-state index contributed by atoms with van der Waals surface area (Å²) in [6, 6.07) is 7.45. The predicted octanol–water partition coefficient (Wildman–Crippen LogP) is 0.986. The highest BCUT2D eigenvalue weighted by atomic mass is 16.5. The molecule has 0 fully saturated rings. The number of ether oxygens (including phenoxy) is 1. The molecule has 0 spiro atoms. The van der Waals surface area contributed by atoms with Gasteiger partial charge in [-0.25, -0.2) is 0 Å². The van der Waals surface area contributed by atoms with Crippen LogP contribution >= 0.6 is 0 Å². The quantitative estimate of drug-likeness (QED) is 0.666. The third-order valence-corrected chi connectivity index (χ3v) is 2.01. The van der Waals surface area contributed by atoms with Gasteiger partial charge >= 0.3 is 0 Å². The molecule has 0 aromatic heterocycles. The molecule has 0 aliphatic rings. The van der Waals surface area contributed by atoms with Crippen molar-refractivity contribution >= 4 is 19.6 Å². The zero-order valence-electron chi connectivity index (χ0n) is 8.78. The van der Waals surface area contributed by atoms with Crippen molar-refractivity contribution in [1.82, 2.24) is 0 Å². The lowest BCUT2D eigenvalue weighted by atomic mass is 10.2. The molecule has 1 aromatic rings. The van der Waals surface area contributed by atoms with Gasteiger partial charge < -0.3 is 9.55 Å². The van der Waals surface area contributed by atoms with Crippen molar-refractivity contribution in [3.8, 4) is 5.75 Å². The molecule has 14 heavy (non-hydrogen) atoms. The van der Waals surface area contributed by atoms with E-state index in [0.717, 1.165) is 11.4 Å². The highest BCUT2D eigenvalue weighted by molar-refractivity contribution is 6.30. The summed E-state index contributed by atoms with van der Waals surface area (Å²) in [5.74, 6) is 0.849. The lowest BCUT2D eigenvalue weighted by Crippen LogP contribution is -2.24. The third-order valence-electron chi connectivity index (χ3n) is 2.01. The zero-order chi connectivity index (χ0) is 10.6. The highest BCUT2D eigenvalue weighted by Gasteiger charge is 2.04. The molecule has 1 aromatic carbocycles. The number of hydrogen-bond donors (Lipinski definition) is 0. The van der Waals surface area contributed by atoms with Crippen molar-refractivity contribution in [2.75, 3.05) is 11.4 Å². The van der Waals surface area contributed by atoms with Crippen LogP contribution in [0.3, 0.4) is 0 Å². The van der Waals surface area contributed by atoms with Gasteiger partial charge in [0.1, 0.15) is 5.75 Å². The topological polar surface area (TPSA) is 29.5 Å². The van der Waals surface area contributed by atoms with E-state index < -0.39 is 0 Å². The monoisotopic (exact) mass is 191 g/mol. The minimum Gasteiger partial charge on any atom is -0.494 e. The molecule has 74 valence electrons. The average molecular weight is 191 g/mol. The lowest BCUT2D eigenvalue weighted by molar-refractivity contribution is -0.115. The maximum Gasteiger partial charge on any atom is 0.227 e. The van der Waals surface area contributed by atoms with Crippen LogP contribution < -0.4 is 9.55 Å². The average Bonchev–Trinajstić information content (AvgIpc) is 2.18. The van der Waals surface area contributed by atoms with Crippen LogP contribution in [0.4, 0.5) is 5.69 Å². The van der Waals surface area contributed by atoms with E-state index in [4.69, 9.17) is 4.74 Å². The molecule has 0 radical (unpaired) electrons. The Kier molecular flexibility index (Phi) is 3.57. The van der Waals surface area contributed by atoms with Gasteiger partial charge in [-0.3, -0.25) is 4.79 Å². The molecule has 4 heteroatoms. The molecule has 0 aliphatic carbocycles. The van der Waals surface area contributed by atoms with Crippen molar-refractivity contribution in [1.29, 1.82) is 0 Å². The van der Waals surface area contributed by atoms with Gasteiger partial charge in [-0.1, -0.05) is 0 Å². The molecule has 0 atom stereocenters. The van der Waals surface area contributed by atoms with Crippen LogP contribution in [0.2, 0.25) is 0 Å². The Balaban J connectivity index is 2.77. The second-order valence-corrected chi connectivity index (χ2v) is 3.00. The Morgan fingerprint density at radius 1 is 1.43 bits per heavy atom. The van der Waals surface area contributed by atoms with Crippen molar-refractivity contribution in [3.05, 3.63) is 24.3 Å². The number of amides is 1. The summed E-state index contributed by atoms with van der Waals surface area (Å²) in [5.41, 5.74) is 0.876. The number of hydrogen-bond acceptors (Lipinski definition) is 2. The van der Waals surface area contributed by atoms with Gasteiger partial charge in [0, 0.05) is 12.6 Å². The largest absolute Gasteiger partial charge is 0.494 e. The van der Waals surface area contributed by atoms with Crippen molar-refractivity contribution in [3.63, 3.8) is 0 Å². The summed E-state index contributed by atoms with van der Waals surface area (Å²) >= 11 is 0. The molecule has 0 N–H and O–H groups in total. The lowest BCUT2D eigenvalue weighted by Gasteiger charge is -2.15. The van der Waals surface area contributed by atoms with Gasteiger partial charge in [-0.05, 0) is 31.2 Å². The molecule has 0 saturated carbocycles.